The van der Waals surface area contributed by atoms with E-state index in [1.54, 1.807) is 0 Å². The molecule has 4 heteroatoms. The number of rotatable bonds is 2. The van der Waals surface area contributed by atoms with Gasteiger partial charge in [-0.15, -0.1) is 0 Å². The van der Waals surface area contributed by atoms with E-state index < -0.39 is 0 Å². The third-order valence-corrected chi connectivity index (χ3v) is 2.37. The molecule has 2 rings (SSSR count). The minimum atomic E-state index is 0.723. The first kappa shape index (κ1) is 10.1. The summed E-state index contributed by atoms with van der Waals surface area (Å²) in [4.78, 5) is 4.34. The predicted octanol–water partition coefficient (Wildman–Crippen LogP) is 2.88. The topological polar surface area (TPSA) is 29.9 Å². The molecule has 0 amide bonds. The molecule has 0 radical (unpaired) electrons. The quantitative estimate of drug-likeness (QED) is 0.845. The summed E-state index contributed by atoms with van der Waals surface area (Å²) in [6, 6.07) is 7.68. The molecule has 0 unspecified atom stereocenters. The summed E-state index contributed by atoms with van der Waals surface area (Å²) in [6.07, 6.45) is 1.97. The molecule has 2 aromatic rings. The molecule has 15 heavy (non-hydrogen) atoms. The molecule has 0 aliphatic rings. The number of aryl methyl sites for hydroxylation is 1. The Kier molecular flexibility index (Phi) is 2.64. The van der Waals surface area contributed by atoms with E-state index in [-0.39, 0.29) is 0 Å². The van der Waals surface area contributed by atoms with E-state index in [1.165, 1.54) is 0 Å². The summed E-state index contributed by atoms with van der Waals surface area (Å²) >= 11 is 5.94. The summed E-state index contributed by atoms with van der Waals surface area (Å²) in [7, 11) is 1.85. The van der Waals surface area contributed by atoms with Crippen molar-refractivity contribution in [2.45, 2.75) is 6.92 Å². The third kappa shape index (κ3) is 1.97. The third-order valence-electron chi connectivity index (χ3n) is 2.14. The fourth-order valence-corrected chi connectivity index (χ4v) is 1.68. The Morgan fingerprint density at radius 1 is 1.40 bits per heavy atom. The summed E-state index contributed by atoms with van der Waals surface area (Å²) in [5.41, 5.74) is 1.98. The van der Waals surface area contributed by atoms with Crippen molar-refractivity contribution in [2.75, 3.05) is 12.4 Å². The van der Waals surface area contributed by atoms with Crippen molar-refractivity contribution in [3.8, 4) is 5.69 Å². The van der Waals surface area contributed by atoms with Crippen LogP contribution in [-0.2, 0) is 0 Å². The Hall–Kier alpha value is -1.48. The van der Waals surface area contributed by atoms with Gasteiger partial charge in [0.2, 0.25) is 5.95 Å². The van der Waals surface area contributed by atoms with Crippen molar-refractivity contribution in [3.05, 3.63) is 41.2 Å². The first-order valence-corrected chi connectivity index (χ1v) is 5.08. The van der Waals surface area contributed by atoms with Gasteiger partial charge in [0.25, 0.3) is 0 Å². The van der Waals surface area contributed by atoms with Gasteiger partial charge in [-0.3, -0.25) is 4.57 Å². The van der Waals surface area contributed by atoms with Crippen molar-refractivity contribution < 1.29 is 0 Å². The van der Waals surface area contributed by atoms with Gasteiger partial charge in [0.1, 0.15) is 0 Å². The first-order valence-electron chi connectivity index (χ1n) is 4.70. The number of benzene rings is 1. The van der Waals surface area contributed by atoms with Crippen LogP contribution in [0.5, 0.6) is 0 Å². The van der Waals surface area contributed by atoms with Gasteiger partial charge >= 0.3 is 0 Å². The number of hydrogen-bond acceptors (Lipinski definition) is 2. The fourth-order valence-electron chi connectivity index (χ4n) is 1.50. The minimum Gasteiger partial charge on any atom is -0.358 e. The zero-order valence-corrected chi connectivity index (χ0v) is 9.42. The van der Waals surface area contributed by atoms with Gasteiger partial charge in [-0.05, 0) is 25.1 Å². The lowest BCUT2D eigenvalue weighted by atomic mass is 10.3. The fraction of sp³-hybridized carbons (Fsp3) is 0.182. The molecular formula is C11H12ClN3. The monoisotopic (exact) mass is 221 g/mol. The normalized spacial score (nSPS) is 10.3. The maximum absolute atomic E-state index is 5.94. The number of nitrogens with one attached hydrogen (secondary N) is 1. The smallest absolute Gasteiger partial charge is 0.207 e. The summed E-state index contributed by atoms with van der Waals surface area (Å²) in [5, 5.41) is 3.77. The Labute approximate surface area is 93.7 Å². The molecule has 0 bridgehead atoms. The predicted molar refractivity (Wildman–Crippen MR) is 62.9 cm³/mol. The van der Waals surface area contributed by atoms with Gasteiger partial charge in [0, 0.05) is 24.0 Å². The van der Waals surface area contributed by atoms with Crippen molar-refractivity contribution in [3.63, 3.8) is 0 Å². The minimum absolute atomic E-state index is 0.723. The van der Waals surface area contributed by atoms with E-state index in [9.17, 15) is 0 Å². The lowest BCUT2D eigenvalue weighted by Gasteiger charge is -2.06. The van der Waals surface area contributed by atoms with E-state index in [0.29, 0.717) is 0 Å². The molecule has 3 nitrogen and oxygen atoms in total. The molecule has 78 valence electrons. The number of anilines is 1. The molecule has 1 N–H and O–H groups in total. The van der Waals surface area contributed by atoms with Gasteiger partial charge in [-0.1, -0.05) is 17.7 Å². The Morgan fingerprint density at radius 3 is 2.87 bits per heavy atom. The zero-order chi connectivity index (χ0) is 10.8. The first-order chi connectivity index (χ1) is 7.20. The molecule has 0 aliphatic carbocycles. The van der Waals surface area contributed by atoms with Gasteiger partial charge in [-0.25, -0.2) is 4.98 Å². The van der Waals surface area contributed by atoms with Crippen LogP contribution in [0.25, 0.3) is 5.69 Å². The number of halogens is 1. The van der Waals surface area contributed by atoms with Crippen molar-refractivity contribution in [2.24, 2.45) is 0 Å². The van der Waals surface area contributed by atoms with E-state index >= 15 is 0 Å². The molecule has 0 aliphatic heterocycles. The Bertz CT molecular complexity index is 476. The van der Waals surface area contributed by atoms with Crippen LogP contribution in [0.1, 0.15) is 5.69 Å². The van der Waals surface area contributed by atoms with Crippen LogP contribution < -0.4 is 5.32 Å². The van der Waals surface area contributed by atoms with E-state index in [4.69, 9.17) is 11.6 Å². The summed E-state index contributed by atoms with van der Waals surface area (Å²) in [6.45, 7) is 1.96. The molecule has 0 fully saturated rings. The van der Waals surface area contributed by atoms with E-state index in [1.807, 2.05) is 49.0 Å². The number of aromatic nitrogens is 2. The maximum Gasteiger partial charge on any atom is 0.207 e. The lowest BCUT2D eigenvalue weighted by molar-refractivity contribution is 1.05. The molecule has 1 aromatic heterocycles. The molecule has 0 saturated carbocycles. The average molecular weight is 222 g/mol. The summed E-state index contributed by atoms with van der Waals surface area (Å²) < 4.78 is 1.97. The highest BCUT2D eigenvalue weighted by molar-refractivity contribution is 6.30. The second-order valence-electron chi connectivity index (χ2n) is 3.31. The highest BCUT2D eigenvalue weighted by Gasteiger charge is 2.05. The number of nitrogens with zero attached hydrogens (tertiary/aromatic N) is 2. The van der Waals surface area contributed by atoms with Gasteiger partial charge < -0.3 is 5.32 Å². The van der Waals surface area contributed by atoms with E-state index in [0.717, 1.165) is 22.4 Å². The Morgan fingerprint density at radius 2 is 2.20 bits per heavy atom. The lowest BCUT2D eigenvalue weighted by Crippen LogP contribution is -2.00. The highest BCUT2D eigenvalue weighted by atomic mass is 35.5. The van der Waals surface area contributed by atoms with E-state index in [2.05, 4.69) is 10.3 Å². The largest absolute Gasteiger partial charge is 0.358 e. The van der Waals surface area contributed by atoms with Gasteiger partial charge in [0.15, 0.2) is 0 Å². The SMILES string of the molecule is CNc1nc(C)cn1-c1cccc(Cl)c1. The van der Waals surface area contributed by atoms with Crippen LogP contribution in [0.2, 0.25) is 5.02 Å². The van der Waals surface area contributed by atoms with Gasteiger partial charge in [0.05, 0.1) is 5.69 Å². The molecular weight excluding hydrogens is 210 g/mol. The average Bonchev–Trinajstić information content (AvgIpc) is 2.59. The number of hydrogen-bond donors (Lipinski definition) is 1. The highest BCUT2D eigenvalue weighted by Crippen LogP contribution is 2.19. The molecule has 0 atom stereocenters. The maximum atomic E-state index is 5.94. The van der Waals surface area contributed by atoms with Crippen molar-refractivity contribution in [1.29, 1.82) is 0 Å². The Balaban J connectivity index is 2.53. The van der Waals surface area contributed by atoms with Crippen molar-refractivity contribution in [1.82, 2.24) is 9.55 Å². The van der Waals surface area contributed by atoms with Crippen LogP contribution >= 0.6 is 11.6 Å². The molecule has 1 aromatic carbocycles. The molecule has 1 heterocycles. The van der Waals surface area contributed by atoms with Crippen LogP contribution in [0.4, 0.5) is 5.95 Å². The second-order valence-corrected chi connectivity index (χ2v) is 3.74. The number of imidazole rings is 1. The van der Waals surface area contributed by atoms with Crippen LogP contribution in [0.15, 0.2) is 30.5 Å². The van der Waals surface area contributed by atoms with Crippen LogP contribution in [0, 0.1) is 6.92 Å². The van der Waals surface area contributed by atoms with Crippen molar-refractivity contribution >= 4 is 17.5 Å². The zero-order valence-electron chi connectivity index (χ0n) is 8.66. The molecule has 0 spiro atoms. The molecule has 0 saturated heterocycles. The summed E-state index contributed by atoms with van der Waals surface area (Å²) in [5.74, 6) is 0.815. The van der Waals surface area contributed by atoms with Crippen LogP contribution in [-0.4, -0.2) is 16.6 Å². The van der Waals surface area contributed by atoms with Crippen LogP contribution in [0.3, 0.4) is 0 Å². The second kappa shape index (κ2) is 3.95. The standard InChI is InChI=1S/C11H12ClN3/c1-8-7-15(11(13-2)14-8)10-5-3-4-9(12)6-10/h3-7H,1-2H3,(H,13,14). The van der Waals surface area contributed by atoms with Gasteiger partial charge in [-0.2, -0.15) is 0 Å².